The van der Waals surface area contributed by atoms with Crippen molar-refractivity contribution in [1.82, 2.24) is 15.1 Å². The molecule has 1 aliphatic rings. The van der Waals surface area contributed by atoms with Crippen molar-refractivity contribution in [2.24, 2.45) is 0 Å². The number of methoxy groups -OCH3 is 2. The molecule has 1 heterocycles. The number of carbonyl (C=O) groups excluding carboxylic acids is 2. The second-order valence-corrected chi connectivity index (χ2v) is 9.91. The van der Waals surface area contributed by atoms with Crippen LogP contribution in [0.3, 0.4) is 0 Å². The molecule has 2 aromatic carbocycles. The molecular weight excluding hydrogens is 476 g/mol. The first-order valence-electron chi connectivity index (χ1n) is 12.2. The molecule has 190 valence electrons. The molecule has 36 heavy (non-hydrogen) atoms. The maximum atomic E-state index is 13.6. The van der Waals surface area contributed by atoms with E-state index in [9.17, 15) is 9.59 Å². The first-order valence-corrected chi connectivity index (χ1v) is 13.0. The molecule has 2 amide bonds. The van der Waals surface area contributed by atoms with E-state index in [-0.39, 0.29) is 24.3 Å². The van der Waals surface area contributed by atoms with E-state index in [0.717, 1.165) is 36.3 Å². The van der Waals surface area contributed by atoms with Gasteiger partial charge in [0.2, 0.25) is 11.0 Å². The van der Waals surface area contributed by atoms with Gasteiger partial charge < -0.3 is 19.7 Å². The standard InChI is InChI=1S/C27H32N4O4S/c1-18-9-11-19(12-10-18)25-29-30-27(36-25)28-24(32)15-16-31(20-7-5-4-6-8-20)26(33)22-14-13-21(34-2)17-23(22)35-3/h9-14,17,20H,4-8,15-16H2,1-3H3,(H,28,30,32). The average Bonchev–Trinajstić information content (AvgIpc) is 3.37. The molecule has 3 aromatic rings. The predicted octanol–water partition coefficient (Wildman–Crippen LogP) is 5.33. The number of carbonyl (C=O) groups is 2. The highest BCUT2D eigenvalue weighted by atomic mass is 32.1. The van der Waals surface area contributed by atoms with E-state index in [2.05, 4.69) is 15.5 Å². The van der Waals surface area contributed by atoms with Crippen LogP contribution >= 0.6 is 11.3 Å². The van der Waals surface area contributed by atoms with E-state index < -0.39 is 0 Å². The maximum absolute atomic E-state index is 13.6. The number of rotatable bonds is 9. The Hall–Kier alpha value is -3.46. The van der Waals surface area contributed by atoms with Crippen molar-refractivity contribution in [3.63, 3.8) is 0 Å². The van der Waals surface area contributed by atoms with Crippen molar-refractivity contribution in [2.45, 2.75) is 51.5 Å². The molecule has 1 fully saturated rings. The Bertz CT molecular complexity index is 1190. The fraction of sp³-hybridized carbons (Fsp3) is 0.407. The number of hydrogen-bond acceptors (Lipinski definition) is 7. The Morgan fingerprint density at radius 2 is 1.78 bits per heavy atom. The first-order chi connectivity index (χ1) is 17.5. The van der Waals surface area contributed by atoms with Crippen LogP contribution < -0.4 is 14.8 Å². The van der Waals surface area contributed by atoms with Crippen molar-refractivity contribution in [3.05, 3.63) is 53.6 Å². The fourth-order valence-electron chi connectivity index (χ4n) is 4.46. The van der Waals surface area contributed by atoms with Crippen LogP contribution in [0.15, 0.2) is 42.5 Å². The second kappa shape index (κ2) is 12.0. The zero-order valence-corrected chi connectivity index (χ0v) is 21.8. The minimum absolute atomic E-state index is 0.0977. The van der Waals surface area contributed by atoms with Gasteiger partial charge in [-0.25, -0.2) is 0 Å². The Labute approximate surface area is 215 Å². The zero-order chi connectivity index (χ0) is 25.5. The lowest BCUT2D eigenvalue weighted by Crippen LogP contribution is -2.43. The molecule has 1 aliphatic carbocycles. The molecule has 0 aliphatic heterocycles. The maximum Gasteiger partial charge on any atom is 0.257 e. The lowest BCUT2D eigenvalue weighted by molar-refractivity contribution is -0.116. The highest BCUT2D eigenvalue weighted by Crippen LogP contribution is 2.30. The Kier molecular flexibility index (Phi) is 8.53. The molecule has 1 saturated carbocycles. The molecule has 0 radical (unpaired) electrons. The van der Waals surface area contributed by atoms with E-state index in [1.54, 1.807) is 25.3 Å². The van der Waals surface area contributed by atoms with Crippen LogP contribution in [0.5, 0.6) is 11.5 Å². The average molecular weight is 509 g/mol. The van der Waals surface area contributed by atoms with E-state index in [0.29, 0.717) is 28.7 Å². The van der Waals surface area contributed by atoms with Gasteiger partial charge in [-0.05, 0) is 31.9 Å². The van der Waals surface area contributed by atoms with Crippen LogP contribution in [0.25, 0.3) is 10.6 Å². The van der Waals surface area contributed by atoms with Gasteiger partial charge in [-0.2, -0.15) is 0 Å². The third kappa shape index (κ3) is 6.20. The van der Waals surface area contributed by atoms with Crippen LogP contribution in [0, 0.1) is 6.92 Å². The monoisotopic (exact) mass is 508 g/mol. The van der Waals surface area contributed by atoms with E-state index >= 15 is 0 Å². The summed E-state index contributed by atoms with van der Waals surface area (Å²) in [6, 6.07) is 13.3. The van der Waals surface area contributed by atoms with E-state index in [4.69, 9.17) is 9.47 Å². The smallest absolute Gasteiger partial charge is 0.257 e. The van der Waals surface area contributed by atoms with Gasteiger partial charge in [0.05, 0.1) is 19.8 Å². The number of ether oxygens (including phenoxy) is 2. The molecule has 1 aromatic heterocycles. The summed E-state index contributed by atoms with van der Waals surface area (Å²) >= 11 is 1.33. The van der Waals surface area contributed by atoms with Gasteiger partial charge in [0, 0.05) is 30.6 Å². The van der Waals surface area contributed by atoms with Gasteiger partial charge in [0.25, 0.3) is 5.91 Å². The molecule has 4 rings (SSSR count). The molecule has 0 atom stereocenters. The molecule has 0 saturated heterocycles. The van der Waals surface area contributed by atoms with Gasteiger partial charge in [-0.3, -0.25) is 9.59 Å². The second-order valence-electron chi connectivity index (χ2n) is 8.93. The summed E-state index contributed by atoms with van der Waals surface area (Å²) in [6.07, 6.45) is 5.36. The largest absolute Gasteiger partial charge is 0.497 e. The number of hydrogen-bond donors (Lipinski definition) is 1. The summed E-state index contributed by atoms with van der Waals surface area (Å²) < 4.78 is 10.7. The number of nitrogens with one attached hydrogen (secondary N) is 1. The molecule has 0 spiro atoms. The number of benzene rings is 2. The number of aromatic nitrogens is 2. The fourth-order valence-corrected chi connectivity index (χ4v) is 5.23. The quantitative estimate of drug-likeness (QED) is 0.420. The molecule has 1 N–H and O–H groups in total. The number of amides is 2. The van der Waals surface area contributed by atoms with Crippen LogP contribution in [0.2, 0.25) is 0 Å². The summed E-state index contributed by atoms with van der Waals surface area (Å²) in [7, 11) is 3.11. The zero-order valence-electron chi connectivity index (χ0n) is 21.0. The van der Waals surface area contributed by atoms with Crippen molar-refractivity contribution < 1.29 is 19.1 Å². The van der Waals surface area contributed by atoms with Gasteiger partial charge >= 0.3 is 0 Å². The summed E-state index contributed by atoms with van der Waals surface area (Å²) in [6.45, 7) is 2.34. The molecule has 9 heteroatoms. The number of nitrogens with zero attached hydrogens (tertiary/aromatic N) is 3. The summed E-state index contributed by atoms with van der Waals surface area (Å²) in [5, 5.41) is 12.4. The van der Waals surface area contributed by atoms with Gasteiger partial charge in [-0.15, -0.1) is 10.2 Å². The molecule has 0 unspecified atom stereocenters. The Morgan fingerprint density at radius 3 is 2.47 bits per heavy atom. The Balaban J connectivity index is 1.44. The van der Waals surface area contributed by atoms with Crippen molar-refractivity contribution in [3.8, 4) is 22.1 Å². The highest BCUT2D eigenvalue weighted by molar-refractivity contribution is 7.18. The van der Waals surface area contributed by atoms with E-state index in [1.165, 1.54) is 30.4 Å². The first kappa shape index (κ1) is 25.6. The molecular formula is C27H32N4O4S. The number of anilines is 1. The van der Waals surface area contributed by atoms with Crippen LogP contribution in [-0.2, 0) is 4.79 Å². The Morgan fingerprint density at radius 1 is 1.03 bits per heavy atom. The van der Waals surface area contributed by atoms with Crippen LogP contribution in [0.4, 0.5) is 5.13 Å². The van der Waals surface area contributed by atoms with Gasteiger partial charge in [-0.1, -0.05) is 60.4 Å². The van der Waals surface area contributed by atoms with Crippen LogP contribution in [0.1, 0.15) is 54.4 Å². The lowest BCUT2D eigenvalue weighted by atomic mass is 9.93. The third-order valence-electron chi connectivity index (χ3n) is 6.47. The van der Waals surface area contributed by atoms with Crippen molar-refractivity contribution in [1.29, 1.82) is 0 Å². The third-order valence-corrected chi connectivity index (χ3v) is 7.35. The van der Waals surface area contributed by atoms with Crippen LogP contribution in [-0.4, -0.2) is 53.7 Å². The minimum Gasteiger partial charge on any atom is -0.497 e. The van der Waals surface area contributed by atoms with Crippen molar-refractivity contribution >= 4 is 28.3 Å². The summed E-state index contributed by atoms with van der Waals surface area (Å²) in [5.74, 6) is 0.750. The van der Waals surface area contributed by atoms with E-state index in [1.807, 2.05) is 36.1 Å². The number of aryl methyl sites for hydroxylation is 1. The minimum atomic E-state index is -0.197. The molecule has 8 nitrogen and oxygen atoms in total. The predicted molar refractivity (Wildman–Crippen MR) is 141 cm³/mol. The summed E-state index contributed by atoms with van der Waals surface area (Å²) in [4.78, 5) is 28.3. The van der Waals surface area contributed by atoms with Gasteiger partial charge in [0.15, 0.2) is 0 Å². The van der Waals surface area contributed by atoms with Gasteiger partial charge in [0.1, 0.15) is 16.5 Å². The highest BCUT2D eigenvalue weighted by Gasteiger charge is 2.28. The lowest BCUT2D eigenvalue weighted by Gasteiger charge is -2.34. The topological polar surface area (TPSA) is 93.7 Å². The van der Waals surface area contributed by atoms with Crippen molar-refractivity contribution in [2.75, 3.05) is 26.1 Å². The normalized spacial score (nSPS) is 13.8. The molecule has 0 bridgehead atoms. The summed E-state index contributed by atoms with van der Waals surface area (Å²) in [5.41, 5.74) is 2.60. The SMILES string of the molecule is COc1ccc(C(=O)N(CCC(=O)Nc2nnc(-c3ccc(C)cc3)s2)C2CCCCC2)c(OC)c1.